The van der Waals surface area contributed by atoms with Gasteiger partial charge >= 0.3 is 6.03 Å². The molecule has 0 aliphatic rings. The van der Waals surface area contributed by atoms with Crippen LogP contribution in [0.15, 0.2) is 36.5 Å². The van der Waals surface area contributed by atoms with Gasteiger partial charge in [-0.2, -0.15) is 0 Å². The van der Waals surface area contributed by atoms with Gasteiger partial charge in [0.25, 0.3) is 0 Å². The first-order chi connectivity index (χ1) is 11.5. The Bertz CT molecular complexity index is 689. The highest BCUT2D eigenvalue weighted by Gasteiger charge is 2.09. The molecule has 7 heteroatoms. The minimum atomic E-state index is -0.410. The molecule has 0 aliphatic heterocycles. The molecule has 1 aromatic carbocycles. The summed E-state index contributed by atoms with van der Waals surface area (Å²) in [5.74, 6) is 1.56. The Kier molecular flexibility index (Phi) is 5.97. The van der Waals surface area contributed by atoms with Crippen molar-refractivity contribution in [3.05, 3.63) is 42.1 Å². The average Bonchev–Trinajstić information content (AvgIpc) is 2.57. The molecule has 2 aromatic rings. The molecule has 1 aromatic heterocycles. The average molecular weight is 331 g/mol. The van der Waals surface area contributed by atoms with Crippen LogP contribution in [0.2, 0.25) is 0 Å². The number of aromatic nitrogens is 1. The van der Waals surface area contributed by atoms with Crippen LogP contribution in [-0.4, -0.2) is 35.9 Å². The third-order valence-corrected chi connectivity index (χ3v) is 3.18. The molecule has 0 saturated carbocycles. The number of hydrogen-bond acceptors (Lipinski definition) is 5. The van der Waals surface area contributed by atoms with Gasteiger partial charge in [-0.15, -0.1) is 0 Å². The van der Waals surface area contributed by atoms with Gasteiger partial charge in [0.1, 0.15) is 0 Å². The number of nitrogens with zero attached hydrogens (tertiary/aromatic N) is 1. The van der Waals surface area contributed by atoms with E-state index in [9.17, 15) is 4.79 Å². The number of carbonyl (C=O) groups is 1. The zero-order valence-corrected chi connectivity index (χ0v) is 13.9. The Balaban J connectivity index is 2.01. The number of hydrogen-bond donors (Lipinski definition) is 3. The van der Waals surface area contributed by atoms with E-state index in [0.29, 0.717) is 23.1 Å². The minimum Gasteiger partial charge on any atom is -0.493 e. The Morgan fingerprint density at radius 2 is 2.08 bits per heavy atom. The second kappa shape index (κ2) is 8.16. The van der Waals surface area contributed by atoms with E-state index in [4.69, 9.17) is 14.6 Å². The van der Waals surface area contributed by atoms with Gasteiger partial charge in [0, 0.05) is 6.07 Å². The third-order valence-electron chi connectivity index (χ3n) is 3.18. The lowest BCUT2D eigenvalue weighted by Gasteiger charge is -2.12. The summed E-state index contributed by atoms with van der Waals surface area (Å²) in [7, 11) is 1.58. The molecule has 0 aliphatic carbocycles. The summed E-state index contributed by atoms with van der Waals surface area (Å²) in [6.07, 6.45) is 1.49. The van der Waals surface area contributed by atoms with Crippen LogP contribution >= 0.6 is 0 Å². The lowest BCUT2D eigenvalue weighted by Crippen LogP contribution is -2.38. The van der Waals surface area contributed by atoms with Gasteiger partial charge < -0.3 is 25.2 Å². The second-order valence-corrected chi connectivity index (χ2v) is 5.32. The van der Waals surface area contributed by atoms with Crippen molar-refractivity contribution in [1.29, 1.82) is 0 Å². The molecule has 24 heavy (non-hydrogen) atoms. The van der Waals surface area contributed by atoms with Gasteiger partial charge in [0.05, 0.1) is 31.6 Å². The summed E-state index contributed by atoms with van der Waals surface area (Å²) in [5.41, 5.74) is 1.58. The Morgan fingerprint density at radius 1 is 1.29 bits per heavy atom. The minimum absolute atomic E-state index is 0.128. The first-order valence-electron chi connectivity index (χ1n) is 7.48. The van der Waals surface area contributed by atoms with E-state index in [1.54, 1.807) is 26.2 Å². The Hall–Kier alpha value is -2.80. The van der Waals surface area contributed by atoms with Crippen LogP contribution < -0.4 is 20.1 Å². The highest BCUT2D eigenvalue weighted by molar-refractivity contribution is 5.89. The van der Waals surface area contributed by atoms with Crippen molar-refractivity contribution < 1.29 is 19.4 Å². The predicted octanol–water partition coefficient (Wildman–Crippen LogP) is 2.69. The van der Waals surface area contributed by atoms with Crippen LogP contribution in [0.3, 0.4) is 0 Å². The fraction of sp³-hybridized carbons (Fsp3) is 0.294. The maximum Gasteiger partial charge on any atom is 0.319 e. The lowest BCUT2D eigenvalue weighted by molar-refractivity contribution is 0.229. The highest BCUT2D eigenvalue weighted by atomic mass is 16.5. The number of amides is 2. The normalized spacial score (nSPS) is 11.5. The number of pyridine rings is 1. The van der Waals surface area contributed by atoms with E-state index in [1.807, 2.05) is 25.1 Å². The summed E-state index contributed by atoms with van der Waals surface area (Å²) in [4.78, 5) is 15.8. The number of urea groups is 1. The summed E-state index contributed by atoms with van der Waals surface area (Å²) < 4.78 is 11.0. The topological polar surface area (TPSA) is 92.7 Å². The smallest absolute Gasteiger partial charge is 0.319 e. The van der Waals surface area contributed by atoms with Crippen LogP contribution in [-0.2, 0) is 0 Å². The molecule has 0 fully saturated rings. The van der Waals surface area contributed by atoms with E-state index >= 15 is 0 Å². The monoisotopic (exact) mass is 331 g/mol. The van der Waals surface area contributed by atoms with E-state index in [0.717, 1.165) is 5.56 Å². The number of benzene rings is 1. The van der Waals surface area contributed by atoms with Crippen molar-refractivity contribution in [3.63, 3.8) is 0 Å². The van der Waals surface area contributed by atoms with Crippen molar-refractivity contribution in [2.24, 2.45) is 0 Å². The summed E-state index contributed by atoms with van der Waals surface area (Å²) in [6.45, 7) is 3.54. The van der Waals surface area contributed by atoms with Crippen LogP contribution in [0.25, 0.3) is 0 Å². The van der Waals surface area contributed by atoms with E-state index in [-0.39, 0.29) is 12.6 Å². The van der Waals surface area contributed by atoms with E-state index in [2.05, 4.69) is 15.6 Å². The largest absolute Gasteiger partial charge is 0.493 e. The van der Waals surface area contributed by atoms with E-state index in [1.165, 1.54) is 6.20 Å². The number of aliphatic hydroxyl groups excluding tert-OH is 1. The zero-order chi connectivity index (χ0) is 17.5. The number of methoxy groups -OCH3 is 1. The summed E-state index contributed by atoms with van der Waals surface area (Å²) >= 11 is 0. The lowest BCUT2D eigenvalue weighted by atomic mass is 10.2. The first-order valence-corrected chi connectivity index (χ1v) is 7.48. The SMILES string of the molecule is COc1cc(C)ccc1Oc1ccc(NC(=O)NC(C)CO)cn1. The molecule has 0 bridgehead atoms. The molecule has 1 atom stereocenters. The third kappa shape index (κ3) is 4.85. The molecular weight excluding hydrogens is 310 g/mol. The van der Waals surface area contributed by atoms with Crippen molar-refractivity contribution >= 4 is 11.7 Å². The first kappa shape index (κ1) is 17.6. The Labute approximate surface area is 140 Å². The number of anilines is 1. The maximum absolute atomic E-state index is 11.7. The number of rotatable bonds is 6. The van der Waals surface area contributed by atoms with Crippen LogP contribution in [0.1, 0.15) is 12.5 Å². The number of nitrogens with one attached hydrogen (secondary N) is 2. The summed E-state index contributed by atoms with van der Waals surface area (Å²) in [5, 5.41) is 14.1. The standard InChI is InChI=1S/C17H21N3O4/c1-11-4-6-14(15(8-11)23-3)24-16-7-5-13(9-18-16)20-17(22)19-12(2)10-21/h4-9,12,21H,10H2,1-3H3,(H2,19,20,22). The van der Waals surface area contributed by atoms with Gasteiger partial charge in [-0.05, 0) is 37.6 Å². The highest BCUT2D eigenvalue weighted by Crippen LogP contribution is 2.31. The number of ether oxygens (including phenoxy) is 2. The van der Waals surface area contributed by atoms with Crippen molar-refractivity contribution in [2.75, 3.05) is 19.0 Å². The van der Waals surface area contributed by atoms with E-state index < -0.39 is 6.03 Å². The molecular formula is C17H21N3O4. The molecule has 7 nitrogen and oxygen atoms in total. The second-order valence-electron chi connectivity index (χ2n) is 5.32. The number of carbonyl (C=O) groups excluding carboxylic acids is 1. The van der Waals surface area contributed by atoms with Crippen molar-refractivity contribution in [2.45, 2.75) is 19.9 Å². The van der Waals surface area contributed by atoms with Gasteiger partial charge in [0.2, 0.25) is 5.88 Å². The zero-order valence-electron chi connectivity index (χ0n) is 13.9. The quantitative estimate of drug-likeness (QED) is 0.757. The van der Waals surface area contributed by atoms with Crippen LogP contribution in [0, 0.1) is 6.92 Å². The molecule has 1 unspecified atom stereocenters. The maximum atomic E-state index is 11.7. The molecule has 3 N–H and O–H groups in total. The summed E-state index contributed by atoms with van der Waals surface area (Å²) in [6, 6.07) is 8.18. The van der Waals surface area contributed by atoms with Crippen molar-refractivity contribution in [1.82, 2.24) is 10.3 Å². The molecule has 1 heterocycles. The van der Waals surface area contributed by atoms with Gasteiger partial charge in [-0.1, -0.05) is 6.07 Å². The number of aryl methyl sites for hydroxylation is 1. The fourth-order valence-corrected chi connectivity index (χ4v) is 1.92. The van der Waals surface area contributed by atoms with Crippen molar-refractivity contribution in [3.8, 4) is 17.4 Å². The van der Waals surface area contributed by atoms with Gasteiger partial charge in [-0.25, -0.2) is 9.78 Å². The molecule has 0 saturated heterocycles. The van der Waals surface area contributed by atoms with Gasteiger partial charge in [-0.3, -0.25) is 0 Å². The predicted molar refractivity (Wildman–Crippen MR) is 90.7 cm³/mol. The van der Waals surface area contributed by atoms with Crippen LogP contribution in [0.4, 0.5) is 10.5 Å². The molecule has 0 spiro atoms. The fourth-order valence-electron chi connectivity index (χ4n) is 1.92. The molecule has 2 rings (SSSR count). The molecule has 0 radical (unpaired) electrons. The Morgan fingerprint density at radius 3 is 2.71 bits per heavy atom. The van der Waals surface area contributed by atoms with Gasteiger partial charge in [0.15, 0.2) is 11.5 Å². The molecule has 2 amide bonds. The number of aliphatic hydroxyl groups is 1. The molecule has 128 valence electrons. The van der Waals surface area contributed by atoms with Crippen LogP contribution in [0.5, 0.6) is 17.4 Å².